The molecule has 0 aromatic heterocycles. The maximum atomic E-state index is 13.7. The monoisotopic (exact) mass is 354 g/mol. The summed E-state index contributed by atoms with van der Waals surface area (Å²) >= 11 is 0. The summed E-state index contributed by atoms with van der Waals surface area (Å²) in [6.07, 6.45) is 3.30. The predicted molar refractivity (Wildman–Crippen MR) is 90.7 cm³/mol. The van der Waals surface area contributed by atoms with Gasteiger partial charge < -0.3 is 9.26 Å². The van der Waals surface area contributed by atoms with Gasteiger partial charge in [0.05, 0.1) is 19.0 Å². The average molecular weight is 354 g/mol. The van der Waals surface area contributed by atoms with Gasteiger partial charge in [-0.3, -0.25) is 14.6 Å². The second kappa shape index (κ2) is 8.44. The van der Waals surface area contributed by atoms with Crippen molar-refractivity contribution in [2.75, 3.05) is 20.3 Å². The molecule has 0 radical (unpaired) electrons. The molecule has 1 aromatic carbocycles. The molecular weight excluding hydrogens is 331 g/mol. The van der Waals surface area contributed by atoms with E-state index in [1.54, 1.807) is 47.6 Å². The number of nitrogens with zero attached hydrogens (tertiary/aromatic N) is 1. The first-order valence-corrected chi connectivity index (χ1v) is 9.35. The zero-order chi connectivity index (χ0) is 17.6. The van der Waals surface area contributed by atoms with Gasteiger partial charge in [-0.05, 0) is 43.5 Å². The van der Waals surface area contributed by atoms with Crippen molar-refractivity contribution in [3.05, 3.63) is 36.9 Å². The third kappa shape index (κ3) is 3.87. The van der Waals surface area contributed by atoms with E-state index in [1.165, 1.54) is 0 Å². The number of hydrogen-bond acceptors (Lipinski definition) is 5. The Hall–Kier alpha value is -1.66. The minimum absolute atomic E-state index is 0.246. The van der Waals surface area contributed by atoms with E-state index in [9.17, 15) is 9.36 Å². The Morgan fingerprint density at radius 1 is 1.50 bits per heavy atom. The summed E-state index contributed by atoms with van der Waals surface area (Å²) in [6.45, 7) is 4.42. The second-order valence-corrected chi connectivity index (χ2v) is 7.77. The van der Waals surface area contributed by atoms with Crippen LogP contribution in [0.5, 0.6) is 5.75 Å². The maximum Gasteiger partial charge on any atom is 0.303 e. The number of methoxy groups -OCH3 is 1. The molecule has 1 aromatic rings. The van der Waals surface area contributed by atoms with Crippen molar-refractivity contribution in [2.24, 2.45) is 0 Å². The molecule has 1 fully saturated rings. The van der Waals surface area contributed by atoms with Gasteiger partial charge in [-0.15, -0.1) is 6.58 Å². The highest BCUT2D eigenvalue weighted by Gasteiger charge is 2.42. The molecule has 8 heteroatoms. The molecule has 1 aliphatic rings. The highest BCUT2D eigenvalue weighted by molar-refractivity contribution is 7.64. The van der Waals surface area contributed by atoms with Gasteiger partial charge in [-0.25, -0.2) is 10.2 Å². The van der Waals surface area contributed by atoms with Crippen LogP contribution in [0.2, 0.25) is 0 Å². The molecule has 132 valence electrons. The van der Waals surface area contributed by atoms with E-state index in [0.29, 0.717) is 24.2 Å². The third-order valence-corrected chi connectivity index (χ3v) is 6.59. The number of ether oxygens (including phenoxy) is 1. The Balaban J connectivity index is 2.45. The number of carbonyl (C=O) groups is 1. The first-order chi connectivity index (χ1) is 11.6. The molecule has 0 aliphatic carbocycles. The SMILES string of the molecule is C=CCC(C(=O)NO)N1CCCCOP1(=O)c1ccc(OC)cc1. The lowest BCUT2D eigenvalue weighted by Gasteiger charge is -2.34. The van der Waals surface area contributed by atoms with Crippen molar-refractivity contribution < 1.29 is 23.8 Å². The average Bonchev–Trinajstić information content (AvgIpc) is 2.81. The van der Waals surface area contributed by atoms with Gasteiger partial charge in [0, 0.05) is 6.54 Å². The number of amides is 1. The number of carbonyl (C=O) groups excluding carboxylic acids is 1. The summed E-state index contributed by atoms with van der Waals surface area (Å²) < 4.78 is 26.1. The molecule has 1 saturated heterocycles. The zero-order valence-electron chi connectivity index (χ0n) is 13.7. The van der Waals surface area contributed by atoms with E-state index in [0.717, 1.165) is 12.8 Å². The van der Waals surface area contributed by atoms with E-state index in [-0.39, 0.29) is 6.42 Å². The van der Waals surface area contributed by atoms with Crippen molar-refractivity contribution in [1.82, 2.24) is 10.2 Å². The number of rotatable bonds is 6. The van der Waals surface area contributed by atoms with E-state index < -0.39 is 19.5 Å². The van der Waals surface area contributed by atoms with Gasteiger partial charge in [0.2, 0.25) is 0 Å². The molecule has 7 nitrogen and oxygen atoms in total. The van der Waals surface area contributed by atoms with Crippen molar-refractivity contribution in [2.45, 2.75) is 25.3 Å². The van der Waals surface area contributed by atoms with Crippen LogP contribution in [0.3, 0.4) is 0 Å². The minimum Gasteiger partial charge on any atom is -0.497 e. The standard InChI is InChI=1S/C16H23N2O5P/c1-3-6-15(16(19)17-20)18-11-4-5-12-23-24(18,21)14-9-7-13(22-2)8-10-14/h3,7-10,15,20H,1,4-6,11-12H2,2H3,(H,17,19). The number of benzene rings is 1. The minimum atomic E-state index is -3.44. The Labute approximate surface area is 141 Å². The van der Waals surface area contributed by atoms with Crippen LogP contribution < -0.4 is 15.5 Å². The molecule has 24 heavy (non-hydrogen) atoms. The Bertz CT molecular complexity index is 619. The summed E-state index contributed by atoms with van der Waals surface area (Å²) in [5.41, 5.74) is 1.65. The summed E-state index contributed by atoms with van der Waals surface area (Å²) in [5, 5.41) is 9.53. The van der Waals surface area contributed by atoms with Crippen LogP contribution in [0.25, 0.3) is 0 Å². The largest absolute Gasteiger partial charge is 0.497 e. The second-order valence-electron chi connectivity index (χ2n) is 5.44. The molecule has 2 N–H and O–H groups in total. The highest BCUT2D eigenvalue weighted by Crippen LogP contribution is 2.53. The van der Waals surface area contributed by atoms with Crippen LogP contribution in [0.15, 0.2) is 36.9 Å². The van der Waals surface area contributed by atoms with Gasteiger partial charge >= 0.3 is 7.52 Å². The zero-order valence-corrected chi connectivity index (χ0v) is 14.6. The fourth-order valence-corrected chi connectivity index (χ4v) is 5.17. The summed E-state index contributed by atoms with van der Waals surface area (Å²) in [7, 11) is -1.89. The molecule has 0 bridgehead atoms. The third-order valence-electron chi connectivity index (χ3n) is 3.95. The van der Waals surface area contributed by atoms with Crippen molar-refractivity contribution in [1.29, 1.82) is 0 Å². The Morgan fingerprint density at radius 2 is 2.21 bits per heavy atom. The van der Waals surface area contributed by atoms with Gasteiger partial charge in [0.25, 0.3) is 5.91 Å². The summed E-state index contributed by atoms with van der Waals surface area (Å²) in [5.74, 6) is 0.0107. The van der Waals surface area contributed by atoms with Gasteiger partial charge in [0.1, 0.15) is 11.8 Å². The van der Waals surface area contributed by atoms with Gasteiger partial charge in [-0.1, -0.05) is 6.08 Å². The molecule has 1 heterocycles. The van der Waals surface area contributed by atoms with Crippen LogP contribution in [-0.2, 0) is 13.9 Å². The van der Waals surface area contributed by atoms with Gasteiger partial charge in [-0.2, -0.15) is 0 Å². The lowest BCUT2D eigenvalue weighted by atomic mass is 10.2. The predicted octanol–water partition coefficient (Wildman–Crippen LogP) is 2.08. The molecule has 0 saturated carbocycles. The normalized spacial score (nSPS) is 23.1. The fourth-order valence-electron chi connectivity index (χ4n) is 2.70. The maximum absolute atomic E-state index is 13.7. The topological polar surface area (TPSA) is 88.1 Å². The van der Waals surface area contributed by atoms with Gasteiger partial charge in [0.15, 0.2) is 0 Å². The molecule has 0 spiro atoms. The van der Waals surface area contributed by atoms with E-state index in [2.05, 4.69) is 6.58 Å². The van der Waals surface area contributed by atoms with Crippen LogP contribution in [-0.4, -0.2) is 42.1 Å². The number of nitrogens with one attached hydrogen (secondary N) is 1. The molecule has 1 aliphatic heterocycles. The van der Waals surface area contributed by atoms with Crippen LogP contribution in [0.1, 0.15) is 19.3 Å². The van der Waals surface area contributed by atoms with Crippen LogP contribution >= 0.6 is 7.52 Å². The first-order valence-electron chi connectivity index (χ1n) is 7.78. The first kappa shape index (κ1) is 18.7. The van der Waals surface area contributed by atoms with E-state index >= 15 is 0 Å². The Kier molecular flexibility index (Phi) is 6.57. The van der Waals surface area contributed by atoms with E-state index in [1.807, 2.05) is 0 Å². The number of hydrogen-bond donors (Lipinski definition) is 2. The quantitative estimate of drug-likeness (QED) is 0.352. The Morgan fingerprint density at radius 3 is 2.79 bits per heavy atom. The van der Waals surface area contributed by atoms with Crippen molar-refractivity contribution in [3.8, 4) is 5.75 Å². The lowest BCUT2D eigenvalue weighted by Crippen LogP contribution is -2.46. The van der Waals surface area contributed by atoms with E-state index in [4.69, 9.17) is 14.5 Å². The fraction of sp³-hybridized carbons (Fsp3) is 0.438. The summed E-state index contributed by atoms with van der Waals surface area (Å²) in [6, 6.07) is 5.95. The summed E-state index contributed by atoms with van der Waals surface area (Å²) in [4.78, 5) is 12.1. The van der Waals surface area contributed by atoms with Crippen molar-refractivity contribution >= 4 is 18.7 Å². The smallest absolute Gasteiger partial charge is 0.303 e. The van der Waals surface area contributed by atoms with Crippen molar-refractivity contribution in [3.63, 3.8) is 0 Å². The molecule has 1 amide bonds. The molecule has 2 unspecified atom stereocenters. The highest BCUT2D eigenvalue weighted by atomic mass is 31.2. The van der Waals surface area contributed by atoms with Crippen LogP contribution in [0.4, 0.5) is 0 Å². The molecular formula is C16H23N2O5P. The van der Waals surface area contributed by atoms with Crippen LogP contribution in [0, 0.1) is 0 Å². The number of hydroxylamine groups is 1. The molecule has 2 rings (SSSR count). The lowest BCUT2D eigenvalue weighted by molar-refractivity contribution is -0.133. The molecule has 2 atom stereocenters.